The van der Waals surface area contributed by atoms with Gasteiger partial charge in [0, 0.05) is 18.4 Å². The standard InChI is InChI=1S/C19H20N4O4/c1-11-9-14(18(24)21-15(10-27-3)19(25)26)20-17-16(12(2)22-23(11)17)13-7-5-4-6-8-13/h4-9,15H,10H2,1-3H3,(H,21,24)(H,25,26)/t15-/m0/s1. The maximum absolute atomic E-state index is 12.6. The number of amides is 1. The van der Waals surface area contributed by atoms with Crippen molar-refractivity contribution >= 4 is 17.5 Å². The number of benzene rings is 1. The number of hydrogen-bond donors (Lipinski definition) is 2. The molecule has 3 aromatic rings. The number of nitrogens with one attached hydrogen (secondary N) is 1. The third kappa shape index (κ3) is 3.65. The molecule has 0 saturated heterocycles. The summed E-state index contributed by atoms with van der Waals surface area (Å²) in [5, 5.41) is 16.1. The number of aliphatic carboxylic acids is 1. The molecule has 2 aromatic heterocycles. The number of carbonyl (C=O) groups is 2. The number of carboxylic acid groups (broad SMARTS) is 1. The highest BCUT2D eigenvalue weighted by Gasteiger charge is 2.23. The van der Waals surface area contributed by atoms with Gasteiger partial charge < -0.3 is 15.2 Å². The number of carbonyl (C=O) groups excluding carboxylic acids is 1. The van der Waals surface area contributed by atoms with Gasteiger partial charge in [-0.25, -0.2) is 14.3 Å². The van der Waals surface area contributed by atoms with Gasteiger partial charge in [0.05, 0.1) is 12.3 Å². The Morgan fingerprint density at radius 2 is 1.96 bits per heavy atom. The Balaban J connectivity index is 2.05. The number of methoxy groups -OCH3 is 1. The van der Waals surface area contributed by atoms with E-state index in [4.69, 9.17) is 4.74 Å². The van der Waals surface area contributed by atoms with Gasteiger partial charge in [-0.15, -0.1) is 0 Å². The fourth-order valence-electron chi connectivity index (χ4n) is 2.90. The number of ether oxygens (including phenoxy) is 1. The van der Waals surface area contributed by atoms with Crippen LogP contribution in [0.4, 0.5) is 0 Å². The van der Waals surface area contributed by atoms with Crippen LogP contribution in [0.25, 0.3) is 16.8 Å². The average Bonchev–Trinajstić information content (AvgIpc) is 2.98. The Hall–Kier alpha value is -3.26. The second-order valence-corrected chi connectivity index (χ2v) is 6.16. The zero-order chi connectivity index (χ0) is 19.6. The van der Waals surface area contributed by atoms with Crippen molar-refractivity contribution in [2.24, 2.45) is 0 Å². The smallest absolute Gasteiger partial charge is 0.328 e. The lowest BCUT2D eigenvalue weighted by Gasteiger charge is -2.13. The summed E-state index contributed by atoms with van der Waals surface area (Å²) in [6, 6.07) is 10.1. The van der Waals surface area contributed by atoms with Crippen molar-refractivity contribution in [2.45, 2.75) is 19.9 Å². The molecule has 27 heavy (non-hydrogen) atoms. The van der Waals surface area contributed by atoms with Crippen LogP contribution in [-0.4, -0.2) is 51.3 Å². The number of aryl methyl sites for hydroxylation is 2. The molecule has 0 radical (unpaired) electrons. The van der Waals surface area contributed by atoms with Crippen molar-refractivity contribution in [2.75, 3.05) is 13.7 Å². The maximum atomic E-state index is 12.6. The molecule has 2 N–H and O–H groups in total. The van der Waals surface area contributed by atoms with Crippen molar-refractivity contribution < 1.29 is 19.4 Å². The molecule has 1 aromatic carbocycles. The summed E-state index contributed by atoms with van der Waals surface area (Å²) >= 11 is 0. The lowest BCUT2D eigenvalue weighted by atomic mass is 10.1. The van der Waals surface area contributed by atoms with E-state index in [-0.39, 0.29) is 12.3 Å². The van der Waals surface area contributed by atoms with Crippen LogP contribution in [0.3, 0.4) is 0 Å². The van der Waals surface area contributed by atoms with Gasteiger partial charge >= 0.3 is 5.97 Å². The maximum Gasteiger partial charge on any atom is 0.328 e. The first-order chi connectivity index (χ1) is 12.9. The summed E-state index contributed by atoms with van der Waals surface area (Å²) in [6.45, 7) is 3.56. The van der Waals surface area contributed by atoms with Gasteiger partial charge in [0.25, 0.3) is 5.91 Å². The fraction of sp³-hybridized carbons (Fsp3) is 0.263. The van der Waals surface area contributed by atoms with Crippen LogP contribution in [0.1, 0.15) is 21.9 Å². The predicted octanol–water partition coefficient (Wildman–Crippen LogP) is 1.84. The molecule has 0 aliphatic carbocycles. The van der Waals surface area contributed by atoms with E-state index in [1.54, 1.807) is 10.6 Å². The summed E-state index contributed by atoms with van der Waals surface area (Å²) in [6.07, 6.45) is 0. The molecule has 8 nitrogen and oxygen atoms in total. The fourth-order valence-corrected chi connectivity index (χ4v) is 2.90. The first-order valence-electron chi connectivity index (χ1n) is 8.37. The second-order valence-electron chi connectivity index (χ2n) is 6.16. The Kier molecular flexibility index (Phi) is 5.18. The quantitative estimate of drug-likeness (QED) is 0.688. The molecular weight excluding hydrogens is 348 g/mol. The second kappa shape index (κ2) is 7.55. The Labute approximate surface area is 155 Å². The molecule has 1 atom stereocenters. The topological polar surface area (TPSA) is 106 Å². The zero-order valence-electron chi connectivity index (χ0n) is 15.3. The SMILES string of the molecule is COC[C@H](NC(=O)c1cc(C)n2nc(C)c(-c3ccccc3)c2n1)C(=O)O. The van der Waals surface area contributed by atoms with Crippen LogP contribution >= 0.6 is 0 Å². The van der Waals surface area contributed by atoms with E-state index in [2.05, 4.69) is 15.4 Å². The zero-order valence-corrected chi connectivity index (χ0v) is 15.3. The van der Waals surface area contributed by atoms with Crippen LogP contribution in [-0.2, 0) is 9.53 Å². The monoisotopic (exact) mass is 368 g/mol. The molecule has 0 spiro atoms. The van der Waals surface area contributed by atoms with Gasteiger partial charge in [0.2, 0.25) is 0 Å². The van der Waals surface area contributed by atoms with Crippen molar-refractivity contribution in [3.63, 3.8) is 0 Å². The van der Waals surface area contributed by atoms with Crippen LogP contribution in [0.15, 0.2) is 36.4 Å². The third-order valence-corrected chi connectivity index (χ3v) is 4.17. The minimum Gasteiger partial charge on any atom is -0.480 e. The molecule has 0 saturated carbocycles. The first kappa shape index (κ1) is 18.5. The van der Waals surface area contributed by atoms with E-state index in [0.717, 1.165) is 16.8 Å². The predicted molar refractivity (Wildman–Crippen MR) is 98.7 cm³/mol. The van der Waals surface area contributed by atoms with Crippen molar-refractivity contribution in [3.8, 4) is 11.1 Å². The highest BCUT2D eigenvalue weighted by atomic mass is 16.5. The normalized spacial score (nSPS) is 12.1. The molecular formula is C19H20N4O4. The van der Waals surface area contributed by atoms with Gasteiger partial charge in [-0.05, 0) is 25.5 Å². The number of fused-ring (bicyclic) bond motifs is 1. The van der Waals surface area contributed by atoms with Crippen LogP contribution in [0.2, 0.25) is 0 Å². The molecule has 0 aliphatic heterocycles. The Bertz CT molecular complexity index is 998. The van der Waals surface area contributed by atoms with E-state index in [0.29, 0.717) is 11.3 Å². The molecule has 8 heteroatoms. The minimum absolute atomic E-state index is 0.124. The van der Waals surface area contributed by atoms with Crippen LogP contribution in [0.5, 0.6) is 0 Å². The largest absolute Gasteiger partial charge is 0.480 e. The van der Waals surface area contributed by atoms with E-state index >= 15 is 0 Å². The lowest BCUT2D eigenvalue weighted by Crippen LogP contribution is -2.44. The third-order valence-electron chi connectivity index (χ3n) is 4.17. The molecule has 0 aliphatic rings. The number of nitrogens with zero attached hydrogens (tertiary/aromatic N) is 3. The molecule has 2 heterocycles. The highest BCUT2D eigenvalue weighted by Crippen LogP contribution is 2.27. The first-order valence-corrected chi connectivity index (χ1v) is 8.37. The van der Waals surface area contributed by atoms with Gasteiger partial charge in [-0.2, -0.15) is 5.10 Å². The number of aromatic nitrogens is 3. The van der Waals surface area contributed by atoms with E-state index in [9.17, 15) is 14.7 Å². The van der Waals surface area contributed by atoms with Crippen LogP contribution in [0, 0.1) is 13.8 Å². The van der Waals surface area contributed by atoms with E-state index in [1.165, 1.54) is 7.11 Å². The van der Waals surface area contributed by atoms with Gasteiger partial charge in [-0.1, -0.05) is 30.3 Å². The van der Waals surface area contributed by atoms with E-state index < -0.39 is 17.9 Å². The lowest BCUT2D eigenvalue weighted by molar-refractivity contribution is -0.140. The van der Waals surface area contributed by atoms with Gasteiger partial charge in [-0.3, -0.25) is 4.79 Å². The van der Waals surface area contributed by atoms with Crippen molar-refractivity contribution in [1.29, 1.82) is 0 Å². The molecule has 3 rings (SSSR count). The number of rotatable bonds is 6. The van der Waals surface area contributed by atoms with Crippen LogP contribution < -0.4 is 5.32 Å². The summed E-state index contributed by atoms with van der Waals surface area (Å²) in [7, 11) is 1.37. The molecule has 0 fully saturated rings. The summed E-state index contributed by atoms with van der Waals surface area (Å²) in [4.78, 5) is 28.3. The average molecular weight is 368 g/mol. The Morgan fingerprint density at radius 3 is 2.59 bits per heavy atom. The summed E-state index contributed by atoms with van der Waals surface area (Å²) in [5.41, 5.74) is 3.95. The Morgan fingerprint density at radius 1 is 1.26 bits per heavy atom. The van der Waals surface area contributed by atoms with Crippen molar-refractivity contribution in [3.05, 3.63) is 53.5 Å². The summed E-state index contributed by atoms with van der Waals surface area (Å²) < 4.78 is 6.53. The number of hydrogen-bond acceptors (Lipinski definition) is 5. The highest BCUT2D eigenvalue weighted by molar-refractivity contribution is 5.96. The van der Waals surface area contributed by atoms with Gasteiger partial charge in [0.15, 0.2) is 11.7 Å². The summed E-state index contributed by atoms with van der Waals surface area (Å²) in [5.74, 6) is -1.75. The van der Waals surface area contributed by atoms with Crippen molar-refractivity contribution in [1.82, 2.24) is 19.9 Å². The molecule has 0 unspecified atom stereocenters. The van der Waals surface area contributed by atoms with E-state index in [1.807, 2.05) is 44.2 Å². The molecule has 0 bridgehead atoms. The van der Waals surface area contributed by atoms with Gasteiger partial charge in [0.1, 0.15) is 5.69 Å². The molecule has 140 valence electrons. The molecule has 1 amide bonds. The minimum atomic E-state index is -1.17. The number of carboxylic acids is 1.